The monoisotopic (exact) mass is 497 g/mol. The Morgan fingerprint density at radius 3 is 2.47 bits per heavy atom. The maximum Gasteiger partial charge on any atom is 0.307 e. The van der Waals surface area contributed by atoms with Crippen molar-refractivity contribution in [1.82, 2.24) is 9.97 Å². The second kappa shape index (κ2) is 11.5. The van der Waals surface area contributed by atoms with Crippen LogP contribution in [-0.4, -0.2) is 28.2 Å². The number of carbonyl (C=O) groups is 1. The standard InChI is InChI=1S/C29H27N3O3S/c1-4-5-25-19(2)30-29(32-28(25)31-22-11-6-21(7-12-22)18-27(33)34)26-17-16-24(36-26)15-10-20-8-13-23(35-3)14-9-20/h4,6-17H,1,5,18H2,2-3H3,(H,33,34)(H,30,31,32)/b15-10+. The maximum atomic E-state index is 11.0. The molecule has 36 heavy (non-hydrogen) atoms. The number of carboxylic acids is 1. The molecule has 0 aliphatic carbocycles. The van der Waals surface area contributed by atoms with Gasteiger partial charge in [0.05, 0.1) is 18.4 Å². The Balaban J connectivity index is 1.58. The molecule has 0 aliphatic rings. The summed E-state index contributed by atoms with van der Waals surface area (Å²) in [6.07, 6.45) is 6.60. The quantitative estimate of drug-likeness (QED) is 0.235. The minimum atomic E-state index is -0.853. The number of benzene rings is 2. The summed E-state index contributed by atoms with van der Waals surface area (Å²) in [7, 11) is 1.66. The van der Waals surface area contributed by atoms with Crippen molar-refractivity contribution < 1.29 is 14.6 Å². The van der Waals surface area contributed by atoms with Crippen LogP contribution in [0.2, 0.25) is 0 Å². The SMILES string of the molecule is C=CCc1c(C)nc(-c2ccc(/C=C/c3ccc(OC)cc3)s2)nc1Nc1ccc(CC(=O)O)cc1. The van der Waals surface area contributed by atoms with Gasteiger partial charge in [-0.25, -0.2) is 9.97 Å². The van der Waals surface area contributed by atoms with Gasteiger partial charge in [-0.1, -0.05) is 36.4 Å². The molecule has 0 atom stereocenters. The third-order valence-electron chi connectivity index (χ3n) is 5.54. The molecule has 2 N–H and O–H groups in total. The van der Waals surface area contributed by atoms with Crippen molar-refractivity contribution in [2.24, 2.45) is 0 Å². The van der Waals surface area contributed by atoms with E-state index < -0.39 is 5.97 Å². The molecule has 6 nitrogen and oxygen atoms in total. The number of nitrogens with zero attached hydrogens (tertiary/aromatic N) is 2. The molecule has 0 bridgehead atoms. The van der Waals surface area contributed by atoms with Crippen molar-refractivity contribution in [3.8, 4) is 16.5 Å². The summed E-state index contributed by atoms with van der Waals surface area (Å²) in [5.74, 6) is 1.35. The molecule has 2 aromatic carbocycles. The van der Waals surface area contributed by atoms with Gasteiger partial charge >= 0.3 is 5.97 Å². The number of anilines is 2. The Morgan fingerprint density at radius 2 is 1.81 bits per heavy atom. The van der Waals surface area contributed by atoms with E-state index in [0.717, 1.165) is 43.6 Å². The molecule has 4 aromatic rings. The van der Waals surface area contributed by atoms with E-state index in [-0.39, 0.29) is 6.42 Å². The molecule has 2 aromatic heterocycles. The van der Waals surface area contributed by atoms with Gasteiger partial charge < -0.3 is 15.2 Å². The Hall–Kier alpha value is -4.23. The summed E-state index contributed by atoms with van der Waals surface area (Å²) in [4.78, 5) is 22.6. The zero-order valence-corrected chi connectivity index (χ0v) is 21.0. The zero-order chi connectivity index (χ0) is 25.5. The molecule has 182 valence electrons. The average molecular weight is 498 g/mol. The first-order valence-corrected chi connectivity index (χ1v) is 12.3. The second-order valence-electron chi connectivity index (χ2n) is 8.15. The fourth-order valence-electron chi connectivity index (χ4n) is 3.67. The highest BCUT2D eigenvalue weighted by molar-refractivity contribution is 7.16. The Labute approximate surface area is 214 Å². The number of allylic oxidation sites excluding steroid dienone is 1. The molecular weight excluding hydrogens is 470 g/mol. The number of aliphatic carboxylic acids is 1. The molecule has 4 rings (SSSR count). The lowest BCUT2D eigenvalue weighted by Crippen LogP contribution is -2.05. The van der Waals surface area contributed by atoms with Gasteiger partial charge in [0.15, 0.2) is 5.82 Å². The van der Waals surface area contributed by atoms with Crippen LogP contribution in [0.5, 0.6) is 5.75 Å². The van der Waals surface area contributed by atoms with Crippen LogP contribution in [-0.2, 0) is 17.6 Å². The van der Waals surface area contributed by atoms with Crippen molar-refractivity contribution in [2.75, 3.05) is 12.4 Å². The fourth-order valence-corrected chi connectivity index (χ4v) is 4.52. The topological polar surface area (TPSA) is 84.3 Å². The molecule has 0 aliphatic heterocycles. The Bertz CT molecular complexity index is 1390. The van der Waals surface area contributed by atoms with Gasteiger partial charge in [-0.3, -0.25) is 4.79 Å². The van der Waals surface area contributed by atoms with E-state index in [0.29, 0.717) is 18.1 Å². The number of thiophene rings is 1. The zero-order valence-electron chi connectivity index (χ0n) is 20.2. The third kappa shape index (κ3) is 6.25. The van der Waals surface area contributed by atoms with Crippen LogP contribution in [0.15, 0.2) is 73.3 Å². The lowest BCUT2D eigenvalue weighted by Gasteiger charge is -2.14. The number of aryl methyl sites for hydroxylation is 1. The minimum Gasteiger partial charge on any atom is -0.497 e. The smallest absolute Gasteiger partial charge is 0.307 e. The molecular formula is C29H27N3O3S. The van der Waals surface area contributed by atoms with Gasteiger partial charge in [0, 0.05) is 21.8 Å². The van der Waals surface area contributed by atoms with Crippen LogP contribution in [0.4, 0.5) is 11.5 Å². The Kier molecular flexibility index (Phi) is 7.92. The first-order chi connectivity index (χ1) is 17.4. The van der Waals surface area contributed by atoms with Gasteiger partial charge in [0.1, 0.15) is 11.6 Å². The largest absolute Gasteiger partial charge is 0.497 e. The highest BCUT2D eigenvalue weighted by atomic mass is 32.1. The number of hydrogen-bond donors (Lipinski definition) is 2. The van der Waals surface area contributed by atoms with E-state index in [9.17, 15) is 4.79 Å². The number of rotatable bonds is 10. The molecule has 0 spiro atoms. The van der Waals surface area contributed by atoms with Gasteiger partial charge in [0.25, 0.3) is 0 Å². The summed E-state index contributed by atoms with van der Waals surface area (Å²) in [5.41, 5.74) is 4.51. The molecule has 0 saturated heterocycles. The predicted molar refractivity (Wildman–Crippen MR) is 147 cm³/mol. The summed E-state index contributed by atoms with van der Waals surface area (Å²) in [5, 5.41) is 12.4. The highest BCUT2D eigenvalue weighted by Crippen LogP contribution is 2.31. The summed E-state index contributed by atoms with van der Waals surface area (Å²) in [6.45, 7) is 5.85. The molecule has 0 unspecified atom stereocenters. The third-order valence-corrected chi connectivity index (χ3v) is 6.58. The van der Waals surface area contributed by atoms with Gasteiger partial charge in [-0.05, 0) is 66.9 Å². The highest BCUT2D eigenvalue weighted by Gasteiger charge is 2.14. The van der Waals surface area contributed by atoms with Gasteiger partial charge in [0.2, 0.25) is 0 Å². The van der Waals surface area contributed by atoms with Crippen molar-refractivity contribution in [2.45, 2.75) is 19.8 Å². The van der Waals surface area contributed by atoms with Crippen LogP contribution < -0.4 is 10.1 Å². The Morgan fingerprint density at radius 1 is 1.06 bits per heavy atom. The normalized spacial score (nSPS) is 10.9. The second-order valence-corrected chi connectivity index (χ2v) is 9.27. The van der Waals surface area contributed by atoms with E-state index in [1.165, 1.54) is 0 Å². The van der Waals surface area contributed by atoms with E-state index >= 15 is 0 Å². The molecule has 0 radical (unpaired) electrons. The summed E-state index contributed by atoms with van der Waals surface area (Å²) >= 11 is 1.62. The van der Waals surface area contributed by atoms with E-state index in [1.54, 1.807) is 30.6 Å². The van der Waals surface area contributed by atoms with Crippen molar-refractivity contribution in [3.63, 3.8) is 0 Å². The van der Waals surface area contributed by atoms with Crippen molar-refractivity contribution in [3.05, 3.63) is 101 Å². The van der Waals surface area contributed by atoms with Gasteiger partial charge in [-0.2, -0.15) is 0 Å². The molecule has 0 fully saturated rings. The van der Waals surface area contributed by atoms with Crippen LogP contribution in [0, 0.1) is 6.92 Å². The van der Waals surface area contributed by atoms with Crippen LogP contribution in [0.3, 0.4) is 0 Å². The number of methoxy groups -OCH3 is 1. The number of carboxylic acid groups (broad SMARTS) is 1. The molecule has 0 saturated carbocycles. The molecule has 0 amide bonds. The fraction of sp³-hybridized carbons (Fsp3) is 0.138. The molecule has 2 heterocycles. The van der Waals surface area contributed by atoms with Crippen molar-refractivity contribution in [1.29, 1.82) is 0 Å². The summed E-state index contributed by atoms with van der Waals surface area (Å²) < 4.78 is 5.22. The maximum absolute atomic E-state index is 11.0. The van der Waals surface area contributed by atoms with Crippen molar-refractivity contribution >= 4 is 41.0 Å². The van der Waals surface area contributed by atoms with Crippen LogP contribution >= 0.6 is 11.3 Å². The number of hydrogen-bond acceptors (Lipinski definition) is 6. The minimum absolute atomic E-state index is 0.00756. The lowest BCUT2D eigenvalue weighted by atomic mass is 10.1. The average Bonchev–Trinajstić information content (AvgIpc) is 3.35. The van der Waals surface area contributed by atoms with Gasteiger partial charge in [-0.15, -0.1) is 17.9 Å². The van der Waals surface area contributed by atoms with E-state index in [4.69, 9.17) is 19.8 Å². The number of nitrogens with one attached hydrogen (secondary N) is 1. The van der Waals surface area contributed by atoms with E-state index in [2.05, 4.69) is 30.1 Å². The van der Waals surface area contributed by atoms with Crippen LogP contribution in [0.25, 0.3) is 22.9 Å². The summed E-state index contributed by atoms with van der Waals surface area (Å²) in [6, 6.07) is 19.3. The first-order valence-electron chi connectivity index (χ1n) is 11.4. The molecule has 7 heteroatoms. The number of ether oxygens (including phenoxy) is 1. The first kappa shape index (κ1) is 24.9. The predicted octanol–water partition coefficient (Wildman–Crippen LogP) is 6.79. The number of aromatic nitrogens is 2. The van der Waals surface area contributed by atoms with Crippen LogP contribution in [0.1, 0.15) is 27.3 Å². The lowest BCUT2D eigenvalue weighted by molar-refractivity contribution is -0.136. The van der Waals surface area contributed by atoms with E-state index in [1.807, 2.05) is 55.5 Å².